The van der Waals surface area contributed by atoms with Gasteiger partial charge in [0, 0.05) is 5.02 Å². The van der Waals surface area contributed by atoms with E-state index in [4.69, 9.17) is 21.1 Å². The van der Waals surface area contributed by atoms with Crippen molar-refractivity contribution in [2.24, 2.45) is 0 Å². The summed E-state index contributed by atoms with van der Waals surface area (Å²) in [5.74, 6) is 1.19. The third-order valence-electron chi connectivity index (χ3n) is 3.40. The molecule has 2 aromatic rings. The topological polar surface area (TPSA) is 47.6 Å². The van der Waals surface area contributed by atoms with Crippen LogP contribution in [0.1, 0.15) is 24.9 Å². The minimum Gasteiger partial charge on any atom is -0.493 e. The second-order valence-corrected chi connectivity index (χ2v) is 5.47. The number of carbonyl (C=O) groups excluding carboxylic acids is 1. The number of halogens is 1. The summed E-state index contributed by atoms with van der Waals surface area (Å²) >= 11 is 6.13. The minimum atomic E-state index is -0.150. The van der Waals surface area contributed by atoms with Crippen molar-refractivity contribution in [3.8, 4) is 11.5 Å². The quantitative estimate of drug-likeness (QED) is 0.833. The molecule has 0 saturated carbocycles. The summed E-state index contributed by atoms with van der Waals surface area (Å²) in [6.07, 6.45) is 0.257. The predicted molar refractivity (Wildman–Crippen MR) is 91.1 cm³/mol. The third kappa shape index (κ3) is 4.89. The van der Waals surface area contributed by atoms with Crippen molar-refractivity contribution >= 4 is 17.5 Å². The molecule has 0 aliphatic carbocycles. The van der Waals surface area contributed by atoms with Gasteiger partial charge in [-0.05, 0) is 30.7 Å². The fourth-order valence-electron chi connectivity index (χ4n) is 2.21. The van der Waals surface area contributed by atoms with Gasteiger partial charge in [-0.2, -0.15) is 0 Å². The Morgan fingerprint density at radius 3 is 2.48 bits per heavy atom. The summed E-state index contributed by atoms with van der Waals surface area (Å²) < 4.78 is 10.8. The highest BCUT2D eigenvalue weighted by atomic mass is 35.5. The van der Waals surface area contributed by atoms with Crippen LogP contribution >= 0.6 is 11.6 Å². The number of rotatable bonds is 7. The molecule has 1 unspecified atom stereocenters. The van der Waals surface area contributed by atoms with E-state index in [1.54, 1.807) is 7.11 Å². The normalized spacial score (nSPS) is 11.6. The van der Waals surface area contributed by atoms with E-state index in [1.807, 2.05) is 55.5 Å². The van der Waals surface area contributed by atoms with E-state index >= 15 is 0 Å². The lowest BCUT2D eigenvalue weighted by Gasteiger charge is -2.16. The van der Waals surface area contributed by atoms with Crippen molar-refractivity contribution in [2.45, 2.75) is 19.4 Å². The highest BCUT2D eigenvalue weighted by Crippen LogP contribution is 2.26. The minimum absolute atomic E-state index is 0.0904. The van der Waals surface area contributed by atoms with Gasteiger partial charge < -0.3 is 14.8 Å². The SMILES string of the molecule is COc1ccccc1OCCC(=O)NC(C)c1ccccc1Cl. The first kappa shape index (κ1) is 17.2. The van der Waals surface area contributed by atoms with E-state index < -0.39 is 0 Å². The Morgan fingerprint density at radius 2 is 1.78 bits per heavy atom. The second kappa shape index (κ2) is 8.44. The van der Waals surface area contributed by atoms with Crippen molar-refractivity contribution < 1.29 is 14.3 Å². The molecular formula is C18H20ClNO3. The molecule has 122 valence electrons. The number of ether oxygens (including phenoxy) is 2. The van der Waals surface area contributed by atoms with Crippen LogP contribution in [0.3, 0.4) is 0 Å². The fraction of sp³-hybridized carbons (Fsp3) is 0.278. The molecule has 0 fully saturated rings. The number of benzene rings is 2. The monoisotopic (exact) mass is 333 g/mol. The number of hydrogen-bond donors (Lipinski definition) is 1. The number of para-hydroxylation sites is 2. The van der Waals surface area contributed by atoms with Gasteiger partial charge in [0.25, 0.3) is 0 Å². The van der Waals surface area contributed by atoms with Crippen LogP contribution in [-0.4, -0.2) is 19.6 Å². The van der Waals surface area contributed by atoms with E-state index in [1.165, 1.54) is 0 Å². The van der Waals surface area contributed by atoms with Crippen LogP contribution < -0.4 is 14.8 Å². The van der Waals surface area contributed by atoms with E-state index in [2.05, 4.69) is 5.32 Å². The lowest BCUT2D eigenvalue weighted by molar-refractivity contribution is -0.122. The predicted octanol–water partition coefficient (Wildman–Crippen LogP) is 3.99. The first-order chi connectivity index (χ1) is 11.1. The van der Waals surface area contributed by atoms with Crippen LogP contribution in [0, 0.1) is 0 Å². The molecule has 5 heteroatoms. The summed E-state index contributed by atoms with van der Waals surface area (Å²) in [6.45, 7) is 2.18. The lowest BCUT2D eigenvalue weighted by Crippen LogP contribution is -2.28. The average Bonchev–Trinajstić information content (AvgIpc) is 2.55. The van der Waals surface area contributed by atoms with Crippen LogP contribution in [0.25, 0.3) is 0 Å². The van der Waals surface area contributed by atoms with Gasteiger partial charge >= 0.3 is 0 Å². The Kier molecular flexibility index (Phi) is 6.29. The average molecular weight is 334 g/mol. The van der Waals surface area contributed by atoms with E-state index in [0.29, 0.717) is 16.5 Å². The summed E-state index contributed by atoms with van der Waals surface area (Å²) in [4.78, 5) is 12.0. The van der Waals surface area contributed by atoms with Gasteiger partial charge in [-0.1, -0.05) is 41.9 Å². The van der Waals surface area contributed by atoms with Crippen molar-refractivity contribution in [2.75, 3.05) is 13.7 Å². The van der Waals surface area contributed by atoms with Gasteiger partial charge in [-0.25, -0.2) is 0 Å². The maximum absolute atomic E-state index is 12.0. The Balaban J connectivity index is 1.82. The van der Waals surface area contributed by atoms with Crippen LogP contribution in [0.15, 0.2) is 48.5 Å². The molecule has 0 aromatic heterocycles. The Labute approximate surface area is 141 Å². The zero-order chi connectivity index (χ0) is 16.7. The molecule has 0 radical (unpaired) electrons. The van der Waals surface area contributed by atoms with Crippen LogP contribution in [0.4, 0.5) is 0 Å². The molecule has 2 aromatic carbocycles. The Hall–Kier alpha value is -2.20. The maximum atomic E-state index is 12.0. The second-order valence-electron chi connectivity index (χ2n) is 5.06. The molecule has 0 saturated heterocycles. The van der Waals surface area contributed by atoms with Crippen molar-refractivity contribution in [3.05, 3.63) is 59.1 Å². The molecule has 0 bridgehead atoms. The first-order valence-electron chi connectivity index (χ1n) is 7.41. The van der Waals surface area contributed by atoms with Gasteiger partial charge in [0.05, 0.1) is 26.2 Å². The molecule has 4 nitrogen and oxygen atoms in total. The summed E-state index contributed by atoms with van der Waals surface area (Å²) in [5, 5.41) is 3.56. The van der Waals surface area contributed by atoms with Gasteiger partial charge in [-0.15, -0.1) is 0 Å². The molecule has 0 aliphatic rings. The molecule has 1 N–H and O–H groups in total. The largest absolute Gasteiger partial charge is 0.493 e. The van der Waals surface area contributed by atoms with Crippen LogP contribution in [0.2, 0.25) is 5.02 Å². The Bertz CT molecular complexity index is 660. The Morgan fingerprint density at radius 1 is 1.13 bits per heavy atom. The molecule has 1 amide bonds. The van der Waals surface area contributed by atoms with Gasteiger partial charge in [0.1, 0.15) is 0 Å². The van der Waals surface area contributed by atoms with Crippen LogP contribution in [-0.2, 0) is 4.79 Å². The number of hydrogen-bond acceptors (Lipinski definition) is 3. The maximum Gasteiger partial charge on any atom is 0.223 e. The zero-order valence-corrected chi connectivity index (χ0v) is 14.0. The highest BCUT2D eigenvalue weighted by molar-refractivity contribution is 6.31. The summed E-state index contributed by atoms with van der Waals surface area (Å²) in [5.41, 5.74) is 0.896. The fourth-order valence-corrected chi connectivity index (χ4v) is 2.51. The smallest absolute Gasteiger partial charge is 0.223 e. The van der Waals surface area contributed by atoms with Crippen molar-refractivity contribution in [1.29, 1.82) is 0 Å². The molecule has 23 heavy (non-hydrogen) atoms. The van der Waals surface area contributed by atoms with Gasteiger partial charge in [-0.3, -0.25) is 4.79 Å². The van der Waals surface area contributed by atoms with E-state index in [9.17, 15) is 4.79 Å². The first-order valence-corrected chi connectivity index (χ1v) is 7.79. The molecule has 2 rings (SSSR count). The number of amides is 1. The van der Waals surface area contributed by atoms with Crippen LogP contribution in [0.5, 0.6) is 11.5 Å². The number of nitrogens with one attached hydrogen (secondary N) is 1. The molecular weight excluding hydrogens is 314 g/mol. The standard InChI is InChI=1S/C18H20ClNO3/c1-13(14-7-3-4-8-15(14)19)20-18(21)11-12-23-17-10-6-5-9-16(17)22-2/h3-10,13H,11-12H2,1-2H3,(H,20,21). The number of carbonyl (C=O) groups is 1. The summed E-state index contributed by atoms with van der Waals surface area (Å²) in [7, 11) is 1.58. The van der Waals surface area contributed by atoms with E-state index in [-0.39, 0.29) is 25.0 Å². The number of methoxy groups -OCH3 is 1. The zero-order valence-electron chi connectivity index (χ0n) is 13.2. The van der Waals surface area contributed by atoms with Crippen molar-refractivity contribution in [1.82, 2.24) is 5.32 Å². The summed E-state index contributed by atoms with van der Waals surface area (Å²) in [6, 6.07) is 14.7. The molecule has 0 heterocycles. The molecule has 0 aliphatic heterocycles. The van der Waals surface area contributed by atoms with E-state index in [0.717, 1.165) is 5.56 Å². The van der Waals surface area contributed by atoms with Crippen molar-refractivity contribution in [3.63, 3.8) is 0 Å². The van der Waals surface area contributed by atoms with Gasteiger partial charge in [0.2, 0.25) is 5.91 Å². The molecule has 1 atom stereocenters. The molecule has 0 spiro atoms. The highest BCUT2D eigenvalue weighted by Gasteiger charge is 2.12. The third-order valence-corrected chi connectivity index (χ3v) is 3.75. The van der Waals surface area contributed by atoms with Gasteiger partial charge in [0.15, 0.2) is 11.5 Å². The lowest BCUT2D eigenvalue weighted by atomic mass is 10.1.